The van der Waals surface area contributed by atoms with Gasteiger partial charge < -0.3 is 31.2 Å². The van der Waals surface area contributed by atoms with Crippen molar-refractivity contribution >= 4 is 3.21 Å². The van der Waals surface area contributed by atoms with Crippen LogP contribution in [-0.2, 0) is 24.2 Å². The number of hydrogen-bond acceptors (Lipinski definition) is 0. The second kappa shape index (κ2) is 17.5. The Labute approximate surface area is 387 Å². The average molecular weight is 905 g/mol. The van der Waals surface area contributed by atoms with Gasteiger partial charge in [-0.2, -0.15) is 11.6 Å². The van der Waals surface area contributed by atoms with Gasteiger partial charge in [0.25, 0.3) is 0 Å². The number of aryl methyl sites for hydroxylation is 2. The molecule has 0 nitrogen and oxygen atoms in total. The third-order valence-corrected chi connectivity index (χ3v) is 18.4. The van der Waals surface area contributed by atoms with Crippen molar-refractivity contribution in [2.24, 2.45) is 55.2 Å². The van der Waals surface area contributed by atoms with E-state index in [1.807, 2.05) is 0 Å². The van der Waals surface area contributed by atoms with Crippen molar-refractivity contribution in [2.75, 3.05) is 0 Å². The maximum Gasteiger partial charge on any atom is -1.00 e. The van der Waals surface area contributed by atoms with E-state index >= 15 is 0 Å². The van der Waals surface area contributed by atoms with E-state index in [2.05, 4.69) is 237 Å². The van der Waals surface area contributed by atoms with Crippen LogP contribution in [0.3, 0.4) is 0 Å². The second-order valence-corrected chi connectivity index (χ2v) is 21.6. The van der Waals surface area contributed by atoms with Crippen LogP contribution in [0.5, 0.6) is 0 Å². The number of hydrogen-bond donors (Lipinski definition) is 0. The van der Waals surface area contributed by atoms with E-state index in [9.17, 15) is 0 Å². The van der Waals surface area contributed by atoms with Crippen molar-refractivity contribution in [3.63, 3.8) is 0 Å². The Morgan fingerprint density at radius 3 is 1.59 bits per heavy atom. The van der Waals surface area contributed by atoms with Crippen molar-refractivity contribution in [3.8, 4) is 0 Å². The van der Waals surface area contributed by atoms with E-state index in [1.54, 1.807) is 0 Å². The smallest absolute Gasteiger partial charge is 1.00 e. The predicted molar refractivity (Wildman–Crippen MR) is 243 cm³/mol. The van der Waals surface area contributed by atoms with Gasteiger partial charge in [-0.25, -0.2) is 6.08 Å². The molecule has 6 aliphatic rings. The van der Waals surface area contributed by atoms with E-state index in [0.29, 0.717) is 17.3 Å². The van der Waals surface area contributed by atoms with Gasteiger partial charge >= 0.3 is 112 Å². The normalized spacial score (nSPS) is 36.5. The first kappa shape index (κ1) is 49.3. The minimum Gasteiger partial charge on any atom is -1.00 e. The summed E-state index contributed by atoms with van der Waals surface area (Å²) in [5.74, 6) is 1.05. The Balaban J connectivity index is 0.000000217. The van der Waals surface area contributed by atoms with Crippen LogP contribution >= 0.6 is 0 Å². The first-order chi connectivity index (χ1) is 26.6. The van der Waals surface area contributed by atoms with Crippen LogP contribution in [0.1, 0.15) is 118 Å². The molecule has 0 aliphatic heterocycles. The molecule has 0 spiro atoms. The molecule has 0 radical (unpaired) electrons. The molecule has 314 valence electrons. The Morgan fingerprint density at radius 1 is 0.678 bits per heavy atom. The summed E-state index contributed by atoms with van der Waals surface area (Å²) in [5, 5.41) is 0. The fraction of sp³-hybridized carbons (Fsp3) is 0.464. The summed E-state index contributed by atoms with van der Waals surface area (Å²) in [4.78, 5) is 0. The van der Waals surface area contributed by atoms with E-state index < -0.39 is 0 Å². The molecule has 2 fully saturated rings. The number of halogens is 2. The molecule has 59 heavy (non-hydrogen) atoms. The summed E-state index contributed by atoms with van der Waals surface area (Å²) in [6, 6.07) is 17.5. The SMILES string of the molecule is CC1=CC=CC2[CH-]C3(C)C4(C)C=CC=CC4(C)C4(C)C=CC=CC4(C)C3(C)C12C.CCCC1[C-]=CC(C(C)(C)C)=C1.Cc1ccc([C](=[Zr+2])c2ccc(C)cc2)cc1.[Cl-].[Cl-]. The number of rotatable bonds is 4. The van der Waals surface area contributed by atoms with Crippen molar-refractivity contribution in [3.05, 3.63) is 173 Å². The number of allylic oxidation sites excluding steroid dienone is 16. The van der Waals surface area contributed by atoms with Gasteiger partial charge in [-0.3, -0.25) is 6.08 Å². The van der Waals surface area contributed by atoms with Gasteiger partial charge in [0.2, 0.25) is 0 Å². The van der Waals surface area contributed by atoms with E-state index in [4.69, 9.17) is 0 Å². The topological polar surface area (TPSA) is 0 Å². The molecule has 9 unspecified atom stereocenters. The molecule has 8 rings (SSSR count). The minimum atomic E-state index is 0. The maximum atomic E-state index is 3.40. The monoisotopic (exact) mass is 902 g/mol. The Kier molecular flexibility index (Phi) is 14.6. The fourth-order valence-electron chi connectivity index (χ4n) is 12.3. The largest absolute Gasteiger partial charge is 1.00 e. The Hall–Kier alpha value is -2.31. The molecule has 0 saturated heterocycles. The molecule has 2 aromatic carbocycles. The van der Waals surface area contributed by atoms with Crippen LogP contribution in [0.2, 0.25) is 0 Å². The van der Waals surface area contributed by atoms with Crippen LogP contribution in [0.4, 0.5) is 0 Å². The van der Waals surface area contributed by atoms with Gasteiger partial charge in [-0.05, 0) is 28.6 Å². The van der Waals surface area contributed by atoms with Crippen LogP contribution in [0.15, 0.2) is 139 Å². The molecule has 6 aliphatic carbocycles. The molecule has 2 saturated carbocycles. The zero-order valence-electron chi connectivity index (χ0n) is 38.5. The summed E-state index contributed by atoms with van der Waals surface area (Å²) in [6.07, 6.45) is 39.7. The molecular formula is C56H70Cl2Zr-2. The van der Waals surface area contributed by atoms with Crippen molar-refractivity contribution in [2.45, 2.75) is 110 Å². The zero-order chi connectivity index (χ0) is 41.9. The molecule has 0 aromatic heterocycles. The van der Waals surface area contributed by atoms with Crippen LogP contribution in [0, 0.1) is 81.5 Å². The summed E-state index contributed by atoms with van der Waals surface area (Å²) >= 11 is 1.46. The number of benzene rings is 2. The number of fused-ring (bicyclic) bond motifs is 8. The zero-order valence-corrected chi connectivity index (χ0v) is 42.5. The molecule has 9 atom stereocenters. The van der Waals surface area contributed by atoms with Gasteiger partial charge in [0.05, 0.1) is 0 Å². The molecule has 3 heteroatoms. The third-order valence-electron chi connectivity index (χ3n) is 17.0. The summed E-state index contributed by atoms with van der Waals surface area (Å²) in [6.45, 7) is 33.5. The summed E-state index contributed by atoms with van der Waals surface area (Å²) in [5.41, 5.74) is 8.79. The molecule has 0 bridgehead atoms. The van der Waals surface area contributed by atoms with Crippen LogP contribution in [-0.4, -0.2) is 3.21 Å². The molecule has 0 N–H and O–H groups in total. The van der Waals surface area contributed by atoms with Gasteiger partial charge in [-0.15, -0.1) is 17.4 Å². The van der Waals surface area contributed by atoms with Crippen molar-refractivity contribution < 1.29 is 49.0 Å². The summed E-state index contributed by atoms with van der Waals surface area (Å²) in [7, 11) is 0. The van der Waals surface area contributed by atoms with Crippen molar-refractivity contribution in [1.29, 1.82) is 0 Å². The van der Waals surface area contributed by atoms with Gasteiger partial charge in [0, 0.05) is 10.8 Å². The summed E-state index contributed by atoms with van der Waals surface area (Å²) < 4.78 is 1.42. The quantitative estimate of drug-likeness (QED) is 0.270. The van der Waals surface area contributed by atoms with Gasteiger partial charge in [0.15, 0.2) is 0 Å². The molecule has 0 heterocycles. The van der Waals surface area contributed by atoms with Crippen LogP contribution in [0.25, 0.3) is 0 Å². The van der Waals surface area contributed by atoms with E-state index in [0.717, 1.165) is 0 Å². The minimum absolute atomic E-state index is 0. The molecular weight excluding hydrogens is 835 g/mol. The Bertz CT molecular complexity index is 2070. The predicted octanol–water partition coefficient (Wildman–Crippen LogP) is 8.82. The van der Waals surface area contributed by atoms with E-state index in [-0.39, 0.29) is 62.7 Å². The molecule has 0 amide bonds. The van der Waals surface area contributed by atoms with Crippen molar-refractivity contribution in [1.82, 2.24) is 0 Å². The fourth-order valence-corrected chi connectivity index (χ4v) is 13.1. The van der Waals surface area contributed by atoms with Gasteiger partial charge in [-0.1, -0.05) is 167 Å². The third kappa shape index (κ3) is 7.36. The van der Waals surface area contributed by atoms with Crippen LogP contribution < -0.4 is 24.8 Å². The first-order valence-electron chi connectivity index (χ1n) is 21.6. The Morgan fingerprint density at radius 2 is 1.14 bits per heavy atom. The van der Waals surface area contributed by atoms with Gasteiger partial charge in [0.1, 0.15) is 0 Å². The second-order valence-electron chi connectivity index (χ2n) is 20.4. The molecule has 2 aromatic rings. The standard InChI is InChI=1S/C29H37.C15H14.C12H19.2ClH.Zr/c1-21-14-13-15-22-20-27(6)25(4)18-10-9-16-23(25,2)24(3)17-11-12-19-26(24,5)29(27,8)28(21,22)7;1-12-3-7-14(8-4-12)11-15-9-5-13(2)6-10-15;1-5-6-10-7-8-11(9-10)12(2,3)4;;;/h9-20,22H,1-8H3;3-10H,1-2H3;8-10H,5-6H2,1-4H3;2*1H;/q-1;;-1;;;+2/p-2. The average Bonchev–Trinajstić information content (AvgIpc) is 3.73. The maximum absolute atomic E-state index is 3.40. The first-order valence-corrected chi connectivity index (χ1v) is 22.8. The van der Waals surface area contributed by atoms with E-state index in [1.165, 1.54) is 73.7 Å².